The van der Waals surface area contributed by atoms with Gasteiger partial charge in [-0.05, 0) is 92.0 Å². The zero-order valence-corrected chi connectivity index (χ0v) is 31.5. The number of hydrogen-bond acceptors (Lipinski definition) is 9. The number of anilines is 1. The Hall–Kier alpha value is -4.65. The molecule has 1 aliphatic rings. The van der Waals surface area contributed by atoms with Gasteiger partial charge in [0.1, 0.15) is 23.5 Å². The third-order valence-electron chi connectivity index (χ3n) is 6.64. The molecule has 2 N–H and O–H groups in total. The van der Waals surface area contributed by atoms with Gasteiger partial charge in [0.2, 0.25) is 0 Å². The molecule has 1 saturated heterocycles. The number of ether oxygens (including phenoxy) is 3. The van der Waals surface area contributed by atoms with Crippen LogP contribution in [0.25, 0.3) is 0 Å². The minimum atomic E-state index is -0.875. The van der Waals surface area contributed by atoms with E-state index in [9.17, 15) is 14.4 Å². The average Bonchev–Trinajstić information content (AvgIpc) is 3.47. The van der Waals surface area contributed by atoms with Crippen LogP contribution >= 0.6 is 9.24 Å². The Morgan fingerprint density at radius 2 is 1.56 bits per heavy atom. The minimum Gasteiger partial charge on any atom is -0.478 e. The minimum absolute atomic E-state index is 0.0689. The van der Waals surface area contributed by atoms with Crippen molar-refractivity contribution in [2.24, 2.45) is 4.99 Å². The molecular formula is C38H51N4O7P. The molecule has 12 heteroatoms. The van der Waals surface area contributed by atoms with Gasteiger partial charge < -0.3 is 19.3 Å². The quantitative estimate of drug-likeness (QED) is 0.104. The molecule has 1 amide bonds. The summed E-state index contributed by atoms with van der Waals surface area (Å²) >= 11 is 0. The number of aryl methyl sites for hydroxylation is 3. The smallest absolute Gasteiger partial charge is 0.413 e. The normalized spacial score (nSPS) is 14.9. The fraction of sp³-hybridized carbons (Fsp3) is 0.421. The Labute approximate surface area is 298 Å². The number of nitrogens with zero attached hydrogens (tertiary/aromatic N) is 3. The van der Waals surface area contributed by atoms with Crippen molar-refractivity contribution in [3.8, 4) is 12.8 Å². The number of aliphatic imine (C=N–C) groups is 1. The molecule has 3 aromatic rings. The number of carboxylic acids is 1. The summed E-state index contributed by atoms with van der Waals surface area (Å²) in [6, 6.07) is 14.1. The highest BCUT2D eigenvalue weighted by Gasteiger charge is 2.23. The van der Waals surface area contributed by atoms with Crippen molar-refractivity contribution >= 4 is 50.6 Å². The van der Waals surface area contributed by atoms with Crippen molar-refractivity contribution in [1.29, 1.82) is 0 Å². The molecule has 0 saturated carbocycles. The van der Waals surface area contributed by atoms with E-state index in [-0.39, 0.29) is 18.2 Å². The van der Waals surface area contributed by atoms with Crippen LogP contribution < -0.4 is 10.9 Å². The lowest BCUT2D eigenvalue weighted by atomic mass is 10.1. The lowest BCUT2D eigenvalue weighted by Gasteiger charge is -2.20. The molecule has 4 rings (SSSR count). The second-order valence-corrected chi connectivity index (χ2v) is 12.9. The fourth-order valence-electron chi connectivity index (χ4n) is 4.16. The van der Waals surface area contributed by atoms with Crippen LogP contribution in [0.15, 0.2) is 53.5 Å². The lowest BCUT2D eigenvalue weighted by molar-refractivity contribution is -0.00266. The molecule has 270 valence electrons. The monoisotopic (exact) mass is 706 g/mol. The molecule has 3 unspecified atom stereocenters. The second-order valence-electron chi connectivity index (χ2n) is 12.4. The van der Waals surface area contributed by atoms with Gasteiger partial charge in [-0.25, -0.2) is 24.4 Å². The summed E-state index contributed by atoms with van der Waals surface area (Å²) in [7, 11) is 2.41. The van der Waals surface area contributed by atoms with Crippen LogP contribution in [0.4, 0.5) is 16.3 Å². The summed E-state index contributed by atoms with van der Waals surface area (Å²) in [4.78, 5) is 46.7. The Kier molecular flexibility index (Phi) is 19.2. The topological polar surface area (TPSA) is 149 Å². The van der Waals surface area contributed by atoms with Crippen LogP contribution in [-0.4, -0.2) is 63.7 Å². The van der Waals surface area contributed by atoms with E-state index in [0.717, 1.165) is 36.8 Å². The van der Waals surface area contributed by atoms with E-state index in [1.54, 1.807) is 63.4 Å². The van der Waals surface area contributed by atoms with Crippen molar-refractivity contribution < 1.29 is 33.7 Å². The summed E-state index contributed by atoms with van der Waals surface area (Å²) in [5.41, 5.74) is 4.33. The first kappa shape index (κ1) is 43.4. The third-order valence-corrected chi connectivity index (χ3v) is 6.90. The predicted molar refractivity (Wildman–Crippen MR) is 202 cm³/mol. The standard InChI is InChI=1S/C14H23N4O2P.C14H18O3.C8H8O2.C2H2/c1-6-7-8-15-10-9(2)16-12(21)17-11(10)18-13(19)20-14(3,4)5;1-10-3-6-12(7-4-10)14(15)16-9-13-8-5-11(2)17-13;1-6-2-4-7(5-3-6)8(9)10;1-2/h8H,6-7,21H2,1-5H3,(H,16,17,18,19);3-4,6-7,11,13H,5,8-9H2,1-2H3;2-5H,1H3,(H,9,10);1-2H. The van der Waals surface area contributed by atoms with Gasteiger partial charge >= 0.3 is 18.0 Å². The van der Waals surface area contributed by atoms with Gasteiger partial charge in [0, 0.05) is 6.21 Å². The lowest BCUT2D eigenvalue weighted by Crippen LogP contribution is -2.28. The van der Waals surface area contributed by atoms with E-state index in [2.05, 4.69) is 49.3 Å². The Bertz CT molecular complexity index is 1570. The molecule has 0 spiro atoms. The van der Waals surface area contributed by atoms with Gasteiger partial charge in [-0.2, -0.15) is 0 Å². The molecule has 2 aromatic carbocycles. The number of carbonyl (C=O) groups excluding carboxylic acids is 2. The van der Waals surface area contributed by atoms with Gasteiger partial charge in [0.05, 0.1) is 29.0 Å². The van der Waals surface area contributed by atoms with Crippen molar-refractivity contribution in [1.82, 2.24) is 9.97 Å². The number of unbranched alkanes of at least 4 members (excludes halogenated alkanes) is 1. The molecule has 0 bridgehead atoms. The number of aromatic nitrogens is 2. The summed E-state index contributed by atoms with van der Waals surface area (Å²) in [6.07, 6.45) is 13.5. The van der Waals surface area contributed by atoms with Gasteiger partial charge in [0.15, 0.2) is 5.82 Å². The molecule has 3 atom stereocenters. The van der Waals surface area contributed by atoms with E-state index in [1.807, 2.05) is 39.8 Å². The zero-order chi connectivity index (χ0) is 37.9. The second kappa shape index (κ2) is 22.1. The maximum atomic E-state index is 11.9. The number of benzene rings is 2. The van der Waals surface area contributed by atoms with Crippen LogP contribution in [0.5, 0.6) is 0 Å². The van der Waals surface area contributed by atoms with E-state index >= 15 is 0 Å². The third kappa shape index (κ3) is 17.1. The van der Waals surface area contributed by atoms with Crippen LogP contribution in [0.3, 0.4) is 0 Å². The summed E-state index contributed by atoms with van der Waals surface area (Å²) in [5, 5.41) is 11.1. The van der Waals surface area contributed by atoms with Crippen LogP contribution in [-0.2, 0) is 14.2 Å². The number of esters is 1. The van der Waals surface area contributed by atoms with Crippen molar-refractivity contribution in [3.63, 3.8) is 0 Å². The highest BCUT2D eigenvalue weighted by Crippen LogP contribution is 2.25. The molecule has 50 heavy (non-hydrogen) atoms. The predicted octanol–water partition coefficient (Wildman–Crippen LogP) is 7.80. The van der Waals surface area contributed by atoms with Crippen LogP contribution in [0.1, 0.15) is 97.8 Å². The molecule has 0 radical (unpaired) electrons. The molecule has 0 aliphatic carbocycles. The van der Waals surface area contributed by atoms with E-state index in [4.69, 9.17) is 19.3 Å². The molecule has 11 nitrogen and oxygen atoms in total. The Morgan fingerprint density at radius 3 is 2.04 bits per heavy atom. The number of hydrogen-bond donors (Lipinski definition) is 2. The molecule has 1 aromatic heterocycles. The molecular weight excluding hydrogens is 655 g/mol. The van der Waals surface area contributed by atoms with Crippen LogP contribution in [0.2, 0.25) is 0 Å². The molecule has 1 aliphatic heterocycles. The highest BCUT2D eigenvalue weighted by atomic mass is 31.0. The number of rotatable bonds is 8. The summed E-state index contributed by atoms with van der Waals surface area (Å²) < 4.78 is 16.1. The molecule has 2 heterocycles. The largest absolute Gasteiger partial charge is 0.478 e. The van der Waals surface area contributed by atoms with Crippen molar-refractivity contribution in [2.45, 2.75) is 98.9 Å². The zero-order valence-electron chi connectivity index (χ0n) is 30.4. The first-order chi connectivity index (χ1) is 23.6. The number of nitrogens with one attached hydrogen (secondary N) is 1. The highest BCUT2D eigenvalue weighted by molar-refractivity contribution is 7.26. The summed E-state index contributed by atoms with van der Waals surface area (Å²) in [5.74, 6) is -0.790. The fourth-order valence-corrected chi connectivity index (χ4v) is 4.48. The van der Waals surface area contributed by atoms with E-state index < -0.39 is 17.7 Å². The number of amides is 1. The Balaban J connectivity index is 0.000000385. The summed E-state index contributed by atoms with van der Waals surface area (Å²) in [6.45, 7) is 15.6. The van der Waals surface area contributed by atoms with Gasteiger partial charge in [-0.1, -0.05) is 58.0 Å². The first-order valence-corrected chi connectivity index (χ1v) is 16.8. The van der Waals surface area contributed by atoms with Gasteiger partial charge in [0.25, 0.3) is 0 Å². The van der Waals surface area contributed by atoms with Crippen LogP contribution in [0, 0.1) is 33.6 Å². The number of terminal acetylenes is 1. The average molecular weight is 707 g/mol. The SMILES string of the molecule is C#C.CCCC=Nc1c(C)nc(P)nc1NC(=O)OC(C)(C)C.Cc1ccc(C(=O)O)cc1.Cc1ccc(C(=O)OCC2CCC(C)O2)cc1. The van der Waals surface area contributed by atoms with Gasteiger partial charge in [-0.15, -0.1) is 12.8 Å². The first-order valence-electron chi connectivity index (χ1n) is 16.3. The number of aromatic carboxylic acids is 1. The Morgan fingerprint density at radius 1 is 1.00 bits per heavy atom. The van der Waals surface area contributed by atoms with E-state index in [1.165, 1.54) is 0 Å². The maximum absolute atomic E-state index is 11.9. The number of carbonyl (C=O) groups is 3. The van der Waals surface area contributed by atoms with Gasteiger partial charge in [-0.3, -0.25) is 10.3 Å². The maximum Gasteiger partial charge on any atom is 0.413 e. The van der Waals surface area contributed by atoms with Crippen molar-refractivity contribution in [2.75, 3.05) is 11.9 Å². The molecule has 1 fully saturated rings. The van der Waals surface area contributed by atoms with Crippen molar-refractivity contribution in [3.05, 3.63) is 76.5 Å². The number of carboxylic acid groups (broad SMARTS) is 1. The van der Waals surface area contributed by atoms with E-state index in [0.29, 0.717) is 40.5 Å².